The normalized spacial score (nSPS) is 16.3. The van der Waals surface area contributed by atoms with Gasteiger partial charge in [-0.2, -0.15) is 0 Å². The molecule has 1 aliphatic heterocycles. The molecule has 2 N–H and O–H groups in total. The fourth-order valence-electron chi connectivity index (χ4n) is 2.93. The van der Waals surface area contributed by atoms with Crippen molar-refractivity contribution < 1.29 is 19.1 Å². The summed E-state index contributed by atoms with van der Waals surface area (Å²) in [6.45, 7) is 1.11. The first-order valence-corrected chi connectivity index (χ1v) is 9.75. The van der Waals surface area contributed by atoms with E-state index in [0.717, 1.165) is 18.4 Å². The Morgan fingerprint density at radius 3 is 2.52 bits per heavy atom. The first kappa shape index (κ1) is 20.9. The maximum atomic E-state index is 12.7. The van der Waals surface area contributed by atoms with Gasteiger partial charge >= 0.3 is 0 Å². The van der Waals surface area contributed by atoms with E-state index in [1.54, 1.807) is 61.7 Å². The molecular formula is C22H23ClN2O4. The average Bonchev–Trinajstić information content (AvgIpc) is 3.26. The molecule has 1 atom stereocenters. The maximum absolute atomic E-state index is 12.7. The van der Waals surface area contributed by atoms with Crippen LogP contribution >= 0.6 is 11.6 Å². The highest BCUT2D eigenvalue weighted by Gasteiger charge is 2.19. The molecule has 0 aromatic heterocycles. The van der Waals surface area contributed by atoms with Crippen LogP contribution in [0.1, 0.15) is 28.8 Å². The Bertz CT molecular complexity index is 873. The fourth-order valence-corrected chi connectivity index (χ4v) is 3.05. The maximum Gasteiger partial charge on any atom is 0.267 e. The van der Waals surface area contributed by atoms with Crippen LogP contribution in [0.2, 0.25) is 5.02 Å². The van der Waals surface area contributed by atoms with Crippen molar-refractivity contribution in [3.8, 4) is 5.75 Å². The molecule has 0 aliphatic carbocycles. The number of amides is 2. The molecule has 1 saturated heterocycles. The molecule has 0 radical (unpaired) electrons. The summed E-state index contributed by atoms with van der Waals surface area (Å²) in [6.07, 6.45) is 3.52. The molecule has 0 bridgehead atoms. The Morgan fingerprint density at radius 2 is 1.90 bits per heavy atom. The number of ether oxygens (including phenoxy) is 2. The van der Waals surface area contributed by atoms with Crippen molar-refractivity contribution in [2.75, 3.05) is 20.3 Å². The zero-order chi connectivity index (χ0) is 20.6. The number of hydrogen-bond acceptors (Lipinski definition) is 4. The van der Waals surface area contributed by atoms with Crippen molar-refractivity contribution in [3.63, 3.8) is 0 Å². The van der Waals surface area contributed by atoms with Crippen LogP contribution in [0.25, 0.3) is 6.08 Å². The molecule has 3 rings (SSSR count). The van der Waals surface area contributed by atoms with Gasteiger partial charge in [0.25, 0.3) is 11.8 Å². The van der Waals surface area contributed by atoms with Crippen molar-refractivity contribution in [1.29, 1.82) is 0 Å². The third kappa shape index (κ3) is 6.07. The third-order valence-corrected chi connectivity index (χ3v) is 4.79. The number of halogens is 1. The molecule has 6 nitrogen and oxygen atoms in total. The molecule has 2 aromatic rings. The summed E-state index contributed by atoms with van der Waals surface area (Å²) in [4.78, 5) is 25.4. The van der Waals surface area contributed by atoms with Crippen LogP contribution in [0.4, 0.5) is 0 Å². The summed E-state index contributed by atoms with van der Waals surface area (Å²) in [6, 6.07) is 13.6. The smallest absolute Gasteiger partial charge is 0.267 e. The Balaban J connectivity index is 1.75. The van der Waals surface area contributed by atoms with Crippen LogP contribution in [0, 0.1) is 0 Å². The van der Waals surface area contributed by atoms with Gasteiger partial charge in [0.1, 0.15) is 11.4 Å². The van der Waals surface area contributed by atoms with Crippen molar-refractivity contribution in [2.24, 2.45) is 0 Å². The van der Waals surface area contributed by atoms with Gasteiger partial charge in [-0.1, -0.05) is 23.7 Å². The second-order valence-electron chi connectivity index (χ2n) is 6.64. The van der Waals surface area contributed by atoms with Crippen LogP contribution in [0.15, 0.2) is 54.2 Å². The molecular weight excluding hydrogens is 392 g/mol. The molecule has 2 amide bonds. The van der Waals surface area contributed by atoms with Gasteiger partial charge in [0.15, 0.2) is 0 Å². The summed E-state index contributed by atoms with van der Waals surface area (Å²) in [5.74, 6) is -0.120. The van der Waals surface area contributed by atoms with Crippen molar-refractivity contribution >= 4 is 29.5 Å². The minimum Gasteiger partial charge on any atom is -0.497 e. The van der Waals surface area contributed by atoms with Gasteiger partial charge in [0.05, 0.1) is 13.2 Å². The van der Waals surface area contributed by atoms with Crippen LogP contribution in [-0.2, 0) is 9.53 Å². The lowest BCUT2D eigenvalue weighted by Crippen LogP contribution is -2.38. The van der Waals surface area contributed by atoms with Crippen molar-refractivity contribution in [1.82, 2.24) is 10.6 Å². The van der Waals surface area contributed by atoms with E-state index < -0.39 is 0 Å². The van der Waals surface area contributed by atoms with Gasteiger partial charge in [-0.3, -0.25) is 9.59 Å². The number of benzene rings is 2. The number of rotatable bonds is 7. The Kier molecular flexibility index (Phi) is 7.27. The predicted molar refractivity (Wildman–Crippen MR) is 112 cm³/mol. The highest BCUT2D eigenvalue weighted by atomic mass is 35.5. The number of carbonyl (C=O) groups is 2. The van der Waals surface area contributed by atoms with E-state index in [2.05, 4.69) is 10.6 Å². The summed E-state index contributed by atoms with van der Waals surface area (Å²) in [5.41, 5.74) is 1.30. The number of methoxy groups -OCH3 is 1. The van der Waals surface area contributed by atoms with E-state index >= 15 is 0 Å². The van der Waals surface area contributed by atoms with Crippen LogP contribution in [0.3, 0.4) is 0 Å². The summed E-state index contributed by atoms with van der Waals surface area (Å²) < 4.78 is 10.6. The molecule has 0 saturated carbocycles. The van der Waals surface area contributed by atoms with Gasteiger partial charge in [-0.25, -0.2) is 0 Å². The Labute approximate surface area is 174 Å². The van der Waals surface area contributed by atoms with Crippen LogP contribution in [-0.4, -0.2) is 38.2 Å². The lowest BCUT2D eigenvalue weighted by Gasteiger charge is -2.14. The monoisotopic (exact) mass is 414 g/mol. The molecule has 2 aromatic carbocycles. The van der Waals surface area contributed by atoms with Gasteiger partial charge in [0.2, 0.25) is 0 Å². The second-order valence-corrected chi connectivity index (χ2v) is 7.07. The summed E-state index contributed by atoms with van der Waals surface area (Å²) in [7, 11) is 1.56. The van der Waals surface area contributed by atoms with Crippen molar-refractivity contribution in [3.05, 3.63) is 70.4 Å². The quantitative estimate of drug-likeness (QED) is 0.681. The molecule has 152 valence electrons. The topological polar surface area (TPSA) is 76.7 Å². The minimum absolute atomic E-state index is 0.00743. The van der Waals surface area contributed by atoms with E-state index in [4.69, 9.17) is 21.1 Å². The highest BCUT2D eigenvalue weighted by molar-refractivity contribution is 6.30. The van der Waals surface area contributed by atoms with Crippen molar-refractivity contribution in [2.45, 2.75) is 18.9 Å². The van der Waals surface area contributed by atoms with E-state index in [9.17, 15) is 9.59 Å². The van der Waals surface area contributed by atoms with Gasteiger partial charge in [-0.15, -0.1) is 0 Å². The molecule has 7 heteroatoms. The first-order chi connectivity index (χ1) is 14.0. The number of carbonyl (C=O) groups excluding carboxylic acids is 2. The molecule has 1 aliphatic rings. The fraction of sp³-hybridized carbons (Fsp3) is 0.273. The minimum atomic E-state index is -0.389. The molecule has 1 fully saturated rings. The molecule has 1 heterocycles. The summed E-state index contributed by atoms with van der Waals surface area (Å²) in [5, 5.41) is 6.13. The Morgan fingerprint density at radius 1 is 1.17 bits per heavy atom. The van der Waals surface area contributed by atoms with Gasteiger partial charge < -0.3 is 20.1 Å². The largest absolute Gasteiger partial charge is 0.497 e. The SMILES string of the molecule is COc1ccc(C(=O)N/C(=C/c2ccc(Cl)cc2)C(=O)NC[C@H]2CCCO2)cc1. The zero-order valence-electron chi connectivity index (χ0n) is 16.1. The zero-order valence-corrected chi connectivity index (χ0v) is 16.9. The average molecular weight is 415 g/mol. The van der Waals surface area contributed by atoms with Crippen LogP contribution < -0.4 is 15.4 Å². The van der Waals surface area contributed by atoms with E-state index in [1.165, 1.54) is 0 Å². The number of nitrogens with one attached hydrogen (secondary N) is 2. The van der Waals surface area contributed by atoms with E-state index in [1.807, 2.05) is 0 Å². The van der Waals surface area contributed by atoms with Gasteiger partial charge in [-0.05, 0) is 60.9 Å². The van der Waals surface area contributed by atoms with E-state index in [-0.39, 0.29) is 23.6 Å². The number of hydrogen-bond donors (Lipinski definition) is 2. The van der Waals surface area contributed by atoms with Gasteiger partial charge in [0, 0.05) is 23.7 Å². The predicted octanol–water partition coefficient (Wildman–Crippen LogP) is 3.41. The first-order valence-electron chi connectivity index (χ1n) is 9.37. The highest BCUT2D eigenvalue weighted by Crippen LogP contribution is 2.15. The second kappa shape index (κ2) is 10.1. The Hall–Kier alpha value is -2.83. The van der Waals surface area contributed by atoms with Crippen LogP contribution in [0.5, 0.6) is 5.75 Å². The lowest BCUT2D eigenvalue weighted by atomic mass is 10.1. The third-order valence-electron chi connectivity index (χ3n) is 4.54. The molecule has 0 unspecified atom stereocenters. The van der Waals surface area contributed by atoms with E-state index in [0.29, 0.717) is 29.5 Å². The molecule has 0 spiro atoms. The lowest BCUT2D eigenvalue weighted by molar-refractivity contribution is -0.118. The molecule has 29 heavy (non-hydrogen) atoms. The standard InChI is InChI=1S/C22H23ClN2O4/c1-28-18-10-6-16(7-11-18)21(26)25-20(13-15-4-8-17(23)9-5-15)22(27)24-14-19-3-2-12-29-19/h4-11,13,19H,2-3,12,14H2,1H3,(H,24,27)(H,25,26)/b20-13+/t19-/m1/s1. The summed E-state index contributed by atoms with van der Waals surface area (Å²) >= 11 is 5.93.